The molecule has 1 rings (SSSR count). The van der Waals surface area contributed by atoms with E-state index in [2.05, 4.69) is 47.5 Å². The molecule has 12 heavy (non-hydrogen) atoms. The molecule has 0 heterocycles. The first-order valence-electron chi connectivity index (χ1n) is 4.65. The Kier molecular flexibility index (Phi) is 1.67. The van der Waals surface area contributed by atoms with E-state index in [0.717, 1.165) is 0 Å². The third-order valence-electron chi connectivity index (χ3n) is 4.11. The fourth-order valence-electron chi connectivity index (χ4n) is 3.08. The van der Waals surface area contributed by atoms with E-state index in [-0.39, 0.29) is 5.41 Å². The molecule has 0 aliphatic heterocycles. The highest BCUT2D eigenvalue weighted by molar-refractivity contribution is 5.23. The molecule has 0 atom stereocenters. The molecular weight excluding hydrogens is 144 g/mol. The van der Waals surface area contributed by atoms with Crippen LogP contribution in [0.1, 0.15) is 41.5 Å². The second kappa shape index (κ2) is 2.08. The van der Waals surface area contributed by atoms with Gasteiger partial charge in [-0.2, -0.15) is 0 Å². The van der Waals surface area contributed by atoms with E-state index in [1.54, 1.807) is 0 Å². The maximum absolute atomic E-state index is 5.54. The molecule has 0 amide bonds. The normalized spacial score (nSPS) is 26.4. The van der Waals surface area contributed by atoms with Gasteiger partial charge in [0.15, 0.2) is 0 Å². The fourth-order valence-corrected chi connectivity index (χ4v) is 3.08. The SMILES string of the molecule is C#CC(C)(C)C1C(C)(C)C1(C)C. The van der Waals surface area contributed by atoms with Crippen LogP contribution >= 0.6 is 0 Å². The lowest BCUT2D eigenvalue weighted by molar-refractivity contribution is 0.351. The molecule has 68 valence electrons. The zero-order chi connectivity index (χ0) is 9.78. The first-order valence-corrected chi connectivity index (χ1v) is 4.65. The maximum Gasteiger partial charge on any atom is 0.0294 e. The topological polar surface area (TPSA) is 0 Å². The van der Waals surface area contributed by atoms with Crippen LogP contribution in [0.15, 0.2) is 0 Å². The minimum atomic E-state index is 0.0486. The van der Waals surface area contributed by atoms with Crippen molar-refractivity contribution in [3.05, 3.63) is 0 Å². The lowest BCUT2D eigenvalue weighted by atomic mass is 9.83. The van der Waals surface area contributed by atoms with Gasteiger partial charge in [0.25, 0.3) is 0 Å². The average Bonchev–Trinajstić information content (AvgIpc) is 2.25. The molecule has 0 aromatic heterocycles. The molecule has 0 saturated heterocycles. The van der Waals surface area contributed by atoms with Gasteiger partial charge in [0.2, 0.25) is 0 Å². The van der Waals surface area contributed by atoms with Crippen LogP contribution < -0.4 is 0 Å². The maximum atomic E-state index is 5.54. The van der Waals surface area contributed by atoms with E-state index in [9.17, 15) is 0 Å². The minimum Gasteiger partial charge on any atom is -0.120 e. The van der Waals surface area contributed by atoms with Crippen molar-refractivity contribution in [2.24, 2.45) is 22.2 Å². The van der Waals surface area contributed by atoms with Gasteiger partial charge in [-0.15, -0.1) is 12.3 Å². The van der Waals surface area contributed by atoms with Crippen LogP contribution in [-0.2, 0) is 0 Å². The molecular formula is C12H20. The van der Waals surface area contributed by atoms with Gasteiger partial charge in [-0.1, -0.05) is 27.7 Å². The van der Waals surface area contributed by atoms with Crippen LogP contribution in [0, 0.1) is 34.5 Å². The predicted molar refractivity (Wildman–Crippen MR) is 53.7 cm³/mol. The highest BCUT2D eigenvalue weighted by atomic mass is 14.7. The van der Waals surface area contributed by atoms with Crippen molar-refractivity contribution in [2.75, 3.05) is 0 Å². The smallest absolute Gasteiger partial charge is 0.0294 e. The Labute approximate surface area is 76.7 Å². The van der Waals surface area contributed by atoms with Crippen molar-refractivity contribution >= 4 is 0 Å². The molecule has 0 radical (unpaired) electrons. The van der Waals surface area contributed by atoms with E-state index < -0.39 is 0 Å². The molecule has 0 aromatic rings. The van der Waals surface area contributed by atoms with Crippen molar-refractivity contribution in [1.29, 1.82) is 0 Å². The molecule has 0 spiro atoms. The molecule has 1 aliphatic rings. The van der Waals surface area contributed by atoms with Crippen LogP contribution in [0.3, 0.4) is 0 Å². The summed E-state index contributed by atoms with van der Waals surface area (Å²) in [5.41, 5.74) is 0.860. The van der Waals surface area contributed by atoms with Crippen LogP contribution in [-0.4, -0.2) is 0 Å². The highest BCUT2D eigenvalue weighted by Crippen LogP contribution is 2.73. The zero-order valence-electron chi connectivity index (χ0n) is 9.15. The molecule has 0 heteroatoms. The van der Waals surface area contributed by atoms with E-state index >= 15 is 0 Å². The number of terminal acetylenes is 1. The summed E-state index contributed by atoms with van der Waals surface area (Å²) in [7, 11) is 0. The average molecular weight is 164 g/mol. The quantitative estimate of drug-likeness (QED) is 0.521. The van der Waals surface area contributed by atoms with Crippen LogP contribution in [0.25, 0.3) is 0 Å². The van der Waals surface area contributed by atoms with E-state index in [1.807, 2.05) is 0 Å². The summed E-state index contributed by atoms with van der Waals surface area (Å²) < 4.78 is 0. The van der Waals surface area contributed by atoms with Gasteiger partial charge in [0.05, 0.1) is 0 Å². The molecule has 0 nitrogen and oxygen atoms in total. The minimum absolute atomic E-state index is 0.0486. The summed E-state index contributed by atoms with van der Waals surface area (Å²) in [6, 6.07) is 0. The van der Waals surface area contributed by atoms with Crippen LogP contribution in [0.4, 0.5) is 0 Å². The summed E-state index contributed by atoms with van der Waals surface area (Å²) in [6.07, 6.45) is 5.54. The summed E-state index contributed by atoms with van der Waals surface area (Å²) in [4.78, 5) is 0. The third-order valence-corrected chi connectivity index (χ3v) is 4.11. The van der Waals surface area contributed by atoms with Crippen molar-refractivity contribution < 1.29 is 0 Å². The van der Waals surface area contributed by atoms with Gasteiger partial charge in [-0.05, 0) is 30.6 Å². The van der Waals surface area contributed by atoms with Crippen molar-refractivity contribution in [3.8, 4) is 12.3 Å². The Morgan fingerprint density at radius 2 is 1.42 bits per heavy atom. The van der Waals surface area contributed by atoms with Gasteiger partial charge in [-0.25, -0.2) is 0 Å². The van der Waals surface area contributed by atoms with E-state index in [0.29, 0.717) is 16.7 Å². The van der Waals surface area contributed by atoms with Crippen LogP contribution in [0.2, 0.25) is 0 Å². The molecule has 0 aromatic carbocycles. The van der Waals surface area contributed by atoms with E-state index in [1.165, 1.54) is 0 Å². The lowest BCUT2D eigenvalue weighted by Gasteiger charge is -2.19. The van der Waals surface area contributed by atoms with E-state index in [4.69, 9.17) is 6.42 Å². The number of hydrogen-bond acceptors (Lipinski definition) is 0. The Balaban J connectivity index is 2.93. The predicted octanol–water partition coefficient (Wildman–Crippen LogP) is 3.33. The summed E-state index contributed by atoms with van der Waals surface area (Å²) in [6.45, 7) is 13.6. The second-order valence-electron chi connectivity index (χ2n) is 5.74. The highest BCUT2D eigenvalue weighted by Gasteiger charge is 2.69. The standard InChI is InChI=1S/C12H20/c1-8-10(2,3)9-11(4,5)12(9,6)7/h1,9H,2-7H3. The first kappa shape index (κ1) is 9.65. The van der Waals surface area contributed by atoms with Gasteiger partial charge in [0, 0.05) is 5.41 Å². The van der Waals surface area contributed by atoms with Gasteiger partial charge in [0.1, 0.15) is 0 Å². The first-order chi connectivity index (χ1) is 5.18. The molecule has 1 saturated carbocycles. The lowest BCUT2D eigenvalue weighted by Crippen LogP contribution is -2.15. The van der Waals surface area contributed by atoms with Crippen molar-refractivity contribution in [3.63, 3.8) is 0 Å². The third kappa shape index (κ3) is 0.922. The fraction of sp³-hybridized carbons (Fsp3) is 0.833. The Morgan fingerprint density at radius 1 is 1.08 bits per heavy atom. The molecule has 0 bridgehead atoms. The van der Waals surface area contributed by atoms with Gasteiger partial charge in [-0.3, -0.25) is 0 Å². The monoisotopic (exact) mass is 164 g/mol. The second-order valence-corrected chi connectivity index (χ2v) is 5.74. The van der Waals surface area contributed by atoms with Gasteiger partial charge >= 0.3 is 0 Å². The largest absolute Gasteiger partial charge is 0.120 e. The summed E-state index contributed by atoms with van der Waals surface area (Å²) in [5, 5.41) is 0. The molecule has 0 N–H and O–H groups in total. The Hall–Kier alpha value is -0.440. The summed E-state index contributed by atoms with van der Waals surface area (Å²) in [5.74, 6) is 3.57. The molecule has 1 fully saturated rings. The summed E-state index contributed by atoms with van der Waals surface area (Å²) >= 11 is 0. The molecule has 1 aliphatic carbocycles. The van der Waals surface area contributed by atoms with Crippen molar-refractivity contribution in [1.82, 2.24) is 0 Å². The number of hydrogen-bond donors (Lipinski definition) is 0. The zero-order valence-corrected chi connectivity index (χ0v) is 9.15. The molecule has 0 unspecified atom stereocenters. The number of rotatable bonds is 1. The Bertz CT molecular complexity index is 221. The van der Waals surface area contributed by atoms with Gasteiger partial charge < -0.3 is 0 Å². The van der Waals surface area contributed by atoms with Crippen LogP contribution in [0.5, 0.6) is 0 Å². The van der Waals surface area contributed by atoms with Crippen molar-refractivity contribution in [2.45, 2.75) is 41.5 Å². The Morgan fingerprint density at radius 3 is 1.50 bits per heavy atom.